The van der Waals surface area contributed by atoms with Crippen LogP contribution >= 0.6 is 11.5 Å². The van der Waals surface area contributed by atoms with Crippen molar-refractivity contribution in [2.24, 2.45) is 17.3 Å². The van der Waals surface area contributed by atoms with E-state index in [0.717, 1.165) is 17.4 Å². The van der Waals surface area contributed by atoms with Crippen LogP contribution in [-0.4, -0.2) is 18.0 Å². The van der Waals surface area contributed by atoms with Gasteiger partial charge in [-0.3, -0.25) is 0 Å². The minimum atomic E-state index is 0.782. The van der Waals surface area contributed by atoms with Crippen molar-refractivity contribution in [2.45, 2.75) is 6.92 Å². The predicted molar refractivity (Wildman–Crippen MR) is 72.9 cm³/mol. The molecule has 2 rings (SSSR count). The highest BCUT2D eigenvalue weighted by molar-refractivity contribution is 7.08. The van der Waals surface area contributed by atoms with Crippen LogP contribution in [0.15, 0.2) is 40.8 Å². The zero-order valence-corrected chi connectivity index (χ0v) is 11.6. The first-order chi connectivity index (χ1) is 8.70. The first kappa shape index (κ1) is 12.6. The average Bonchev–Trinajstić information content (AvgIpc) is 2.81. The SMILES string of the molecule is CCN(C)c1ccc(N=Nc2snc[n+]2C)cc1. The molecule has 94 valence electrons. The van der Waals surface area contributed by atoms with Gasteiger partial charge in [0.25, 0.3) is 0 Å². The van der Waals surface area contributed by atoms with Crippen molar-refractivity contribution in [1.29, 1.82) is 0 Å². The Hall–Kier alpha value is -1.82. The van der Waals surface area contributed by atoms with Crippen molar-refractivity contribution >= 4 is 28.0 Å². The summed E-state index contributed by atoms with van der Waals surface area (Å²) in [4.78, 5) is 2.17. The van der Waals surface area contributed by atoms with Crippen LogP contribution in [0.3, 0.4) is 0 Å². The van der Waals surface area contributed by atoms with Gasteiger partial charge in [-0.2, -0.15) is 0 Å². The number of anilines is 1. The molecule has 0 saturated heterocycles. The summed E-state index contributed by atoms with van der Waals surface area (Å²) in [5.74, 6) is 0. The Kier molecular flexibility index (Phi) is 3.99. The van der Waals surface area contributed by atoms with Gasteiger partial charge in [0, 0.05) is 24.4 Å². The van der Waals surface area contributed by atoms with E-state index in [1.807, 2.05) is 35.9 Å². The van der Waals surface area contributed by atoms with E-state index in [4.69, 9.17) is 0 Å². The fourth-order valence-corrected chi connectivity index (χ4v) is 1.94. The van der Waals surface area contributed by atoms with Gasteiger partial charge in [-0.25, -0.2) is 4.57 Å². The van der Waals surface area contributed by atoms with Crippen LogP contribution in [0.1, 0.15) is 6.92 Å². The third kappa shape index (κ3) is 2.89. The smallest absolute Gasteiger partial charge is 0.375 e. The molecular weight excluding hydrogens is 246 g/mol. The van der Waals surface area contributed by atoms with Gasteiger partial charge in [-0.05, 0) is 35.6 Å². The second-order valence-electron chi connectivity index (χ2n) is 3.94. The normalized spacial score (nSPS) is 11.1. The van der Waals surface area contributed by atoms with E-state index in [0.29, 0.717) is 0 Å². The average molecular weight is 262 g/mol. The van der Waals surface area contributed by atoms with E-state index in [1.54, 1.807) is 6.33 Å². The van der Waals surface area contributed by atoms with Gasteiger partial charge in [0.15, 0.2) is 0 Å². The molecule has 0 bridgehead atoms. The van der Waals surface area contributed by atoms with Crippen molar-refractivity contribution in [2.75, 3.05) is 18.5 Å². The van der Waals surface area contributed by atoms with Crippen molar-refractivity contribution in [1.82, 2.24) is 4.37 Å². The molecule has 1 aromatic heterocycles. The van der Waals surface area contributed by atoms with Gasteiger partial charge in [0.2, 0.25) is 6.33 Å². The maximum absolute atomic E-state index is 4.19. The minimum absolute atomic E-state index is 0.782. The molecule has 2 aromatic rings. The zero-order chi connectivity index (χ0) is 13.0. The summed E-state index contributed by atoms with van der Waals surface area (Å²) in [6, 6.07) is 8.02. The highest BCUT2D eigenvalue weighted by Gasteiger charge is 2.07. The van der Waals surface area contributed by atoms with Crippen molar-refractivity contribution in [3.8, 4) is 0 Å². The summed E-state index contributed by atoms with van der Waals surface area (Å²) in [5, 5.41) is 9.14. The summed E-state index contributed by atoms with van der Waals surface area (Å²) < 4.78 is 5.87. The van der Waals surface area contributed by atoms with Gasteiger partial charge >= 0.3 is 5.13 Å². The molecule has 0 amide bonds. The molecule has 18 heavy (non-hydrogen) atoms. The standard InChI is InChI=1S/C12H16N5S/c1-4-16(2)11-7-5-10(6-8-11)14-15-12-17(3)9-13-18-12/h5-9H,4H2,1-3H3/q+1. The van der Waals surface area contributed by atoms with Gasteiger partial charge in [0.05, 0.1) is 7.05 Å². The Morgan fingerprint density at radius 1 is 1.28 bits per heavy atom. The molecule has 1 aromatic carbocycles. The van der Waals surface area contributed by atoms with E-state index >= 15 is 0 Å². The molecule has 6 heteroatoms. The van der Waals surface area contributed by atoms with Gasteiger partial charge < -0.3 is 4.90 Å². The van der Waals surface area contributed by atoms with Crippen LogP contribution in [0, 0.1) is 0 Å². The lowest BCUT2D eigenvalue weighted by Crippen LogP contribution is -2.23. The lowest BCUT2D eigenvalue weighted by molar-refractivity contribution is -0.656. The number of aromatic nitrogens is 2. The number of rotatable bonds is 4. The molecule has 0 saturated carbocycles. The molecule has 0 aliphatic heterocycles. The van der Waals surface area contributed by atoms with Crippen LogP contribution in [0.5, 0.6) is 0 Å². The first-order valence-corrected chi connectivity index (χ1v) is 6.51. The predicted octanol–water partition coefficient (Wildman–Crippen LogP) is 2.84. The van der Waals surface area contributed by atoms with Gasteiger partial charge in [0.1, 0.15) is 17.2 Å². The lowest BCUT2D eigenvalue weighted by atomic mass is 10.2. The number of nitrogens with zero attached hydrogens (tertiary/aromatic N) is 5. The number of azo groups is 1. The maximum atomic E-state index is 4.19. The maximum Gasteiger partial charge on any atom is 0.378 e. The molecule has 0 fully saturated rings. The number of benzene rings is 1. The minimum Gasteiger partial charge on any atom is -0.375 e. The van der Waals surface area contributed by atoms with Crippen LogP contribution < -0.4 is 9.47 Å². The van der Waals surface area contributed by atoms with E-state index in [2.05, 4.69) is 33.5 Å². The number of hydrogen-bond acceptors (Lipinski definition) is 5. The molecule has 0 unspecified atom stereocenters. The van der Waals surface area contributed by atoms with Crippen LogP contribution in [0.25, 0.3) is 0 Å². The molecular formula is C12H16N5S+. The van der Waals surface area contributed by atoms with E-state index in [-0.39, 0.29) is 0 Å². The Morgan fingerprint density at radius 2 is 2.00 bits per heavy atom. The lowest BCUT2D eigenvalue weighted by Gasteiger charge is -2.16. The second kappa shape index (κ2) is 5.68. The molecule has 0 radical (unpaired) electrons. The highest BCUT2D eigenvalue weighted by atomic mass is 32.1. The van der Waals surface area contributed by atoms with E-state index in [9.17, 15) is 0 Å². The van der Waals surface area contributed by atoms with Crippen LogP contribution in [0.4, 0.5) is 16.5 Å². The molecule has 0 atom stereocenters. The quantitative estimate of drug-likeness (QED) is 0.628. The molecule has 0 aliphatic rings. The van der Waals surface area contributed by atoms with Crippen LogP contribution in [-0.2, 0) is 7.05 Å². The fraction of sp³-hybridized carbons (Fsp3) is 0.333. The Morgan fingerprint density at radius 3 is 2.56 bits per heavy atom. The Labute approximate surface area is 111 Å². The Balaban J connectivity index is 2.11. The van der Waals surface area contributed by atoms with E-state index in [1.165, 1.54) is 17.2 Å². The monoisotopic (exact) mass is 262 g/mol. The molecule has 0 spiro atoms. The van der Waals surface area contributed by atoms with Crippen molar-refractivity contribution in [3.63, 3.8) is 0 Å². The largest absolute Gasteiger partial charge is 0.378 e. The topological polar surface area (TPSA) is 44.7 Å². The van der Waals surface area contributed by atoms with Crippen LogP contribution in [0.2, 0.25) is 0 Å². The third-order valence-corrected chi connectivity index (χ3v) is 3.40. The number of hydrogen-bond donors (Lipinski definition) is 0. The number of aryl methyl sites for hydroxylation is 1. The fourth-order valence-electron chi connectivity index (χ4n) is 1.40. The van der Waals surface area contributed by atoms with Crippen molar-refractivity contribution in [3.05, 3.63) is 30.6 Å². The van der Waals surface area contributed by atoms with Crippen molar-refractivity contribution < 1.29 is 4.57 Å². The second-order valence-corrected chi connectivity index (χ2v) is 4.69. The zero-order valence-electron chi connectivity index (χ0n) is 10.7. The van der Waals surface area contributed by atoms with Gasteiger partial charge in [-0.1, -0.05) is 5.11 Å². The van der Waals surface area contributed by atoms with E-state index < -0.39 is 0 Å². The summed E-state index contributed by atoms with van der Waals surface area (Å²) in [5.41, 5.74) is 2.02. The summed E-state index contributed by atoms with van der Waals surface area (Å²) in [7, 11) is 3.96. The molecule has 1 heterocycles. The first-order valence-electron chi connectivity index (χ1n) is 5.74. The highest BCUT2D eigenvalue weighted by Crippen LogP contribution is 2.21. The summed E-state index contributed by atoms with van der Waals surface area (Å²) in [6.07, 6.45) is 1.72. The summed E-state index contributed by atoms with van der Waals surface area (Å²) in [6.45, 7) is 3.11. The molecule has 0 N–H and O–H groups in total. The molecule has 5 nitrogen and oxygen atoms in total. The molecule has 0 aliphatic carbocycles. The third-order valence-electron chi connectivity index (χ3n) is 2.67. The Bertz CT molecular complexity index is 532. The van der Waals surface area contributed by atoms with Gasteiger partial charge in [-0.15, -0.1) is 0 Å². The summed E-state index contributed by atoms with van der Waals surface area (Å²) >= 11 is 1.32.